The highest BCUT2D eigenvalue weighted by molar-refractivity contribution is 6.31. The number of hydrogen-bond donors (Lipinski definition) is 1. The van der Waals surface area contributed by atoms with E-state index in [1.54, 1.807) is 12.1 Å². The number of fused-ring (bicyclic) bond motifs is 1. The lowest BCUT2D eigenvalue weighted by Gasteiger charge is -2.32. The molecule has 3 heteroatoms. The Morgan fingerprint density at radius 3 is 2.71 bits per heavy atom. The molecule has 0 bridgehead atoms. The molecule has 2 unspecified atom stereocenters. The van der Waals surface area contributed by atoms with Crippen molar-refractivity contribution in [2.45, 2.75) is 25.3 Å². The van der Waals surface area contributed by atoms with Crippen LogP contribution in [0.4, 0.5) is 4.39 Å². The van der Waals surface area contributed by atoms with E-state index in [1.165, 1.54) is 17.2 Å². The number of halogens is 2. The third-order valence-electron chi connectivity index (χ3n) is 4.46. The fourth-order valence-corrected chi connectivity index (χ4v) is 3.64. The van der Waals surface area contributed by atoms with Gasteiger partial charge in [-0.2, -0.15) is 0 Å². The molecule has 0 amide bonds. The monoisotopic (exact) mass is 303 g/mol. The van der Waals surface area contributed by atoms with Gasteiger partial charge in [0.1, 0.15) is 5.82 Å². The highest BCUT2D eigenvalue weighted by Crippen LogP contribution is 2.36. The Morgan fingerprint density at radius 1 is 1.19 bits per heavy atom. The predicted molar refractivity (Wildman–Crippen MR) is 85.2 cm³/mol. The van der Waals surface area contributed by atoms with Crippen molar-refractivity contribution in [3.8, 4) is 0 Å². The normalized spacial score (nSPS) is 19.1. The zero-order valence-electron chi connectivity index (χ0n) is 12.1. The fourth-order valence-electron chi connectivity index (χ4n) is 3.41. The van der Waals surface area contributed by atoms with Crippen LogP contribution in [0.1, 0.15) is 29.2 Å². The second-order valence-corrected chi connectivity index (χ2v) is 6.11. The van der Waals surface area contributed by atoms with E-state index in [4.69, 9.17) is 11.6 Å². The van der Waals surface area contributed by atoms with Gasteiger partial charge in [0, 0.05) is 11.1 Å². The summed E-state index contributed by atoms with van der Waals surface area (Å²) in [5, 5.41) is 3.97. The van der Waals surface area contributed by atoms with Gasteiger partial charge in [0.05, 0.1) is 0 Å². The van der Waals surface area contributed by atoms with Gasteiger partial charge in [0.15, 0.2) is 0 Å². The molecule has 0 heterocycles. The van der Waals surface area contributed by atoms with Gasteiger partial charge in [-0.3, -0.25) is 0 Å². The SMILES string of the molecule is CNC(c1cc(F)ccc1Cl)C1CCc2ccccc2C1. The molecule has 2 aromatic carbocycles. The van der Waals surface area contributed by atoms with E-state index in [9.17, 15) is 4.39 Å². The van der Waals surface area contributed by atoms with Crippen LogP contribution in [0.5, 0.6) is 0 Å². The Kier molecular flexibility index (Phi) is 4.27. The van der Waals surface area contributed by atoms with Crippen LogP contribution in [-0.4, -0.2) is 7.05 Å². The highest BCUT2D eigenvalue weighted by Gasteiger charge is 2.27. The molecular weight excluding hydrogens is 285 g/mol. The molecule has 0 saturated heterocycles. The molecule has 1 aliphatic rings. The van der Waals surface area contributed by atoms with Gasteiger partial charge in [0.2, 0.25) is 0 Å². The first-order chi connectivity index (χ1) is 10.2. The average Bonchev–Trinajstić information content (AvgIpc) is 2.51. The second kappa shape index (κ2) is 6.17. The molecule has 2 atom stereocenters. The maximum atomic E-state index is 13.6. The molecule has 2 aromatic rings. The Bertz CT molecular complexity index is 641. The molecule has 1 N–H and O–H groups in total. The van der Waals surface area contributed by atoms with Crippen LogP contribution in [0.15, 0.2) is 42.5 Å². The molecular formula is C18H19ClFN. The minimum absolute atomic E-state index is 0.0848. The summed E-state index contributed by atoms with van der Waals surface area (Å²) in [6, 6.07) is 13.3. The summed E-state index contributed by atoms with van der Waals surface area (Å²) < 4.78 is 13.6. The fraction of sp³-hybridized carbons (Fsp3) is 0.333. The van der Waals surface area contributed by atoms with Crippen LogP contribution < -0.4 is 5.32 Å². The van der Waals surface area contributed by atoms with Crippen molar-refractivity contribution >= 4 is 11.6 Å². The molecule has 0 fully saturated rings. The highest BCUT2D eigenvalue weighted by atomic mass is 35.5. The number of aryl methyl sites for hydroxylation is 1. The lowest BCUT2D eigenvalue weighted by molar-refractivity contribution is 0.341. The molecule has 1 nitrogen and oxygen atoms in total. The quantitative estimate of drug-likeness (QED) is 0.877. The van der Waals surface area contributed by atoms with E-state index in [0.29, 0.717) is 10.9 Å². The van der Waals surface area contributed by atoms with Crippen molar-refractivity contribution in [1.82, 2.24) is 5.32 Å². The lowest BCUT2D eigenvalue weighted by Crippen LogP contribution is -2.30. The Morgan fingerprint density at radius 2 is 1.95 bits per heavy atom. The Labute approximate surface area is 130 Å². The van der Waals surface area contributed by atoms with Crippen LogP contribution >= 0.6 is 11.6 Å². The van der Waals surface area contributed by atoms with Crippen molar-refractivity contribution in [3.05, 3.63) is 70.0 Å². The summed E-state index contributed by atoms with van der Waals surface area (Å²) in [6.45, 7) is 0. The topological polar surface area (TPSA) is 12.0 Å². The first-order valence-corrected chi connectivity index (χ1v) is 7.76. The van der Waals surface area contributed by atoms with Crippen LogP contribution in [0.2, 0.25) is 5.02 Å². The van der Waals surface area contributed by atoms with E-state index in [2.05, 4.69) is 29.6 Å². The van der Waals surface area contributed by atoms with Crippen LogP contribution in [0.3, 0.4) is 0 Å². The number of hydrogen-bond acceptors (Lipinski definition) is 1. The predicted octanol–water partition coefficient (Wildman–Crippen LogP) is 4.54. The minimum Gasteiger partial charge on any atom is -0.313 e. The van der Waals surface area contributed by atoms with Crippen LogP contribution in [-0.2, 0) is 12.8 Å². The second-order valence-electron chi connectivity index (χ2n) is 5.70. The Hall–Kier alpha value is -1.38. The zero-order valence-corrected chi connectivity index (χ0v) is 12.8. The number of nitrogens with one attached hydrogen (secondary N) is 1. The molecule has 21 heavy (non-hydrogen) atoms. The maximum absolute atomic E-state index is 13.6. The number of rotatable bonds is 3. The zero-order chi connectivity index (χ0) is 14.8. The van der Waals surface area contributed by atoms with Crippen molar-refractivity contribution in [2.75, 3.05) is 7.05 Å². The lowest BCUT2D eigenvalue weighted by atomic mass is 9.78. The summed E-state index contributed by atoms with van der Waals surface area (Å²) in [5.41, 5.74) is 3.71. The first kappa shape index (κ1) is 14.6. The summed E-state index contributed by atoms with van der Waals surface area (Å²) in [4.78, 5) is 0. The number of benzene rings is 2. The summed E-state index contributed by atoms with van der Waals surface area (Å²) in [6.07, 6.45) is 3.18. The average molecular weight is 304 g/mol. The van der Waals surface area contributed by atoms with Crippen molar-refractivity contribution in [3.63, 3.8) is 0 Å². The molecule has 0 aliphatic heterocycles. The van der Waals surface area contributed by atoms with Gasteiger partial charge in [-0.05, 0) is 67.1 Å². The van der Waals surface area contributed by atoms with Crippen molar-refractivity contribution < 1.29 is 4.39 Å². The molecule has 3 rings (SSSR count). The van der Waals surface area contributed by atoms with Crippen molar-refractivity contribution in [1.29, 1.82) is 0 Å². The van der Waals surface area contributed by atoms with Gasteiger partial charge >= 0.3 is 0 Å². The molecule has 0 spiro atoms. The van der Waals surface area contributed by atoms with E-state index in [-0.39, 0.29) is 11.9 Å². The molecule has 1 aliphatic carbocycles. The Balaban J connectivity index is 1.90. The molecule has 110 valence electrons. The van der Waals surface area contributed by atoms with Crippen LogP contribution in [0, 0.1) is 11.7 Å². The van der Waals surface area contributed by atoms with Gasteiger partial charge in [-0.15, -0.1) is 0 Å². The summed E-state index contributed by atoms with van der Waals surface area (Å²) >= 11 is 6.28. The smallest absolute Gasteiger partial charge is 0.123 e. The standard InChI is InChI=1S/C18H19ClFN/c1-21-18(16-11-15(20)8-9-17(16)19)14-7-6-12-4-2-3-5-13(12)10-14/h2-5,8-9,11,14,18,21H,6-7,10H2,1H3. The first-order valence-electron chi connectivity index (χ1n) is 7.38. The summed E-state index contributed by atoms with van der Waals surface area (Å²) in [7, 11) is 1.92. The largest absolute Gasteiger partial charge is 0.313 e. The van der Waals surface area contributed by atoms with Gasteiger partial charge in [-0.1, -0.05) is 35.9 Å². The van der Waals surface area contributed by atoms with Gasteiger partial charge < -0.3 is 5.32 Å². The van der Waals surface area contributed by atoms with E-state index in [1.807, 2.05) is 7.05 Å². The van der Waals surface area contributed by atoms with Gasteiger partial charge in [-0.25, -0.2) is 4.39 Å². The molecule has 0 radical (unpaired) electrons. The summed E-state index contributed by atoms with van der Waals surface area (Å²) in [5.74, 6) is 0.204. The molecule has 0 aromatic heterocycles. The third kappa shape index (κ3) is 2.97. The third-order valence-corrected chi connectivity index (χ3v) is 4.80. The van der Waals surface area contributed by atoms with E-state index in [0.717, 1.165) is 24.8 Å². The van der Waals surface area contributed by atoms with Gasteiger partial charge in [0.25, 0.3) is 0 Å². The van der Waals surface area contributed by atoms with E-state index >= 15 is 0 Å². The van der Waals surface area contributed by atoms with Crippen molar-refractivity contribution in [2.24, 2.45) is 5.92 Å². The van der Waals surface area contributed by atoms with E-state index < -0.39 is 0 Å². The molecule has 0 saturated carbocycles. The van der Waals surface area contributed by atoms with Crippen LogP contribution in [0.25, 0.3) is 0 Å². The maximum Gasteiger partial charge on any atom is 0.123 e. The minimum atomic E-state index is -0.231.